The molecule has 0 aliphatic rings. The zero-order chi connectivity index (χ0) is 13.8. The number of halogens is 1. The van der Waals surface area contributed by atoms with Gasteiger partial charge in [-0.2, -0.15) is 0 Å². The Labute approximate surface area is 118 Å². The van der Waals surface area contributed by atoms with E-state index in [1.165, 1.54) is 0 Å². The smallest absolute Gasteiger partial charge is 0.136 e. The fraction of sp³-hybridized carbons (Fsp3) is 0.286. The molecule has 0 amide bonds. The minimum atomic E-state index is 0.673. The van der Waals surface area contributed by atoms with Crippen molar-refractivity contribution in [1.82, 2.24) is 9.97 Å². The van der Waals surface area contributed by atoms with Gasteiger partial charge in [-0.25, -0.2) is 9.97 Å². The van der Waals surface area contributed by atoms with Crippen LogP contribution < -0.4 is 10.6 Å². The summed E-state index contributed by atoms with van der Waals surface area (Å²) < 4.78 is 0. The Bertz CT molecular complexity index is 584. The van der Waals surface area contributed by atoms with Crippen molar-refractivity contribution in [2.45, 2.75) is 20.8 Å². The van der Waals surface area contributed by atoms with Crippen LogP contribution >= 0.6 is 11.6 Å². The first-order valence-electron chi connectivity index (χ1n) is 6.21. The summed E-state index contributed by atoms with van der Waals surface area (Å²) >= 11 is 6.17. The van der Waals surface area contributed by atoms with E-state index >= 15 is 0 Å². The maximum absolute atomic E-state index is 6.17. The molecule has 4 nitrogen and oxygen atoms in total. The molecule has 19 heavy (non-hydrogen) atoms. The molecule has 0 saturated heterocycles. The number of nitrogens with zero attached hydrogens (tertiary/aromatic N) is 2. The first-order chi connectivity index (χ1) is 9.08. The number of aromatic nitrogens is 2. The van der Waals surface area contributed by atoms with Gasteiger partial charge in [0.2, 0.25) is 0 Å². The minimum Gasteiger partial charge on any atom is -0.370 e. The van der Waals surface area contributed by atoms with Crippen LogP contribution in [0.4, 0.5) is 17.3 Å². The van der Waals surface area contributed by atoms with Crippen molar-refractivity contribution in [3.8, 4) is 0 Å². The normalized spacial score (nSPS) is 10.3. The third-order valence-corrected chi connectivity index (χ3v) is 2.91. The molecule has 0 aliphatic heterocycles. The lowest BCUT2D eigenvalue weighted by Crippen LogP contribution is -2.04. The highest BCUT2D eigenvalue weighted by molar-refractivity contribution is 6.33. The van der Waals surface area contributed by atoms with Crippen LogP contribution in [-0.2, 0) is 0 Å². The third-order valence-electron chi connectivity index (χ3n) is 2.58. The summed E-state index contributed by atoms with van der Waals surface area (Å²) in [7, 11) is 0. The number of nitrogens with one attached hydrogen (secondary N) is 2. The van der Waals surface area contributed by atoms with E-state index in [1.807, 2.05) is 45.0 Å². The highest BCUT2D eigenvalue weighted by Gasteiger charge is 2.05. The predicted octanol–water partition coefficient (Wildman–Crippen LogP) is 3.92. The van der Waals surface area contributed by atoms with E-state index in [-0.39, 0.29) is 0 Å². The number of aryl methyl sites for hydroxylation is 2. The van der Waals surface area contributed by atoms with Crippen LogP contribution in [0.1, 0.15) is 18.3 Å². The molecule has 0 radical (unpaired) electrons. The Balaban J connectivity index is 2.29. The van der Waals surface area contributed by atoms with Gasteiger partial charge in [0.05, 0.1) is 10.7 Å². The predicted molar refractivity (Wildman–Crippen MR) is 80.4 cm³/mol. The second kappa shape index (κ2) is 5.89. The molecule has 0 bridgehead atoms. The number of hydrogen-bond donors (Lipinski definition) is 2. The number of anilines is 3. The SMILES string of the molecule is CCNc1cc(Nc2cc(C)ccc2Cl)nc(C)n1. The summed E-state index contributed by atoms with van der Waals surface area (Å²) in [5.41, 5.74) is 1.99. The lowest BCUT2D eigenvalue weighted by Gasteiger charge is -2.11. The Morgan fingerprint density at radius 2 is 1.84 bits per heavy atom. The first-order valence-corrected chi connectivity index (χ1v) is 6.59. The molecule has 0 unspecified atom stereocenters. The van der Waals surface area contributed by atoms with E-state index in [0.29, 0.717) is 10.8 Å². The highest BCUT2D eigenvalue weighted by Crippen LogP contribution is 2.26. The van der Waals surface area contributed by atoms with Crippen molar-refractivity contribution >= 4 is 28.9 Å². The maximum atomic E-state index is 6.17. The molecule has 1 heterocycles. The van der Waals surface area contributed by atoms with Crippen molar-refractivity contribution in [2.75, 3.05) is 17.2 Å². The van der Waals surface area contributed by atoms with Crippen LogP contribution in [0.3, 0.4) is 0 Å². The van der Waals surface area contributed by atoms with Gasteiger partial charge in [0, 0.05) is 12.6 Å². The molecule has 5 heteroatoms. The van der Waals surface area contributed by atoms with Gasteiger partial charge in [-0.1, -0.05) is 17.7 Å². The molecular weight excluding hydrogens is 260 g/mol. The topological polar surface area (TPSA) is 49.8 Å². The van der Waals surface area contributed by atoms with Gasteiger partial charge in [-0.3, -0.25) is 0 Å². The first kappa shape index (κ1) is 13.6. The number of hydrogen-bond acceptors (Lipinski definition) is 4. The van der Waals surface area contributed by atoms with Crippen molar-refractivity contribution in [2.24, 2.45) is 0 Å². The minimum absolute atomic E-state index is 0.673. The van der Waals surface area contributed by atoms with Crippen molar-refractivity contribution in [3.63, 3.8) is 0 Å². The van der Waals surface area contributed by atoms with Gasteiger partial charge in [0.15, 0.2) is 0 Å². The fourth-order valence-corrected chi connectivity index (χ4v) is 1.94. The Morgan fingerprint density at radius 1 is 1.11 bits per heavy atom. The summed E-state index contributed by atoms with van der Waals surface area (Å²) in [5, 5.41) is 7.08. The molecule has 0 fully saturated rings. The molecule has 0 spiro atoms. The molecule has 0 saturated carbocycles. The largest absolute Gasteiger partial charge is 0.370 e. The van der Waals surface area contributed by atoms with Crippen LogP contribution in [-0.4, -0.2) is 16.5 Å². The van der Waals surface area contributed by atoms with Crippen LogP contribution in [0.5, 0.6) is 0 Å². The average Bonchev–Trinajstić information content (AvgIpc) is 2.33. The van der Waals surface area contributed by atoms with Gasteiger partial charge in [-0.05, 0) is 38.5 Å². The second-order valence-electron chi connectivity index (χ2n) is 4.32. The van der Waals surface area contributed by atoms with Gasteiger partial charge >= 0.3 is 0 Å². The van der Waals surface area contributed by atoms with Crippen molar-refractivity contribution in [1.29, 1.82) is 0 Å². The van der Waals surface area contributed by atoms with E-state index in [1.54, 1.807) is 0 Å². The standard InChI is InChI=1S/C14H17ClN4/c1-4-16-13-8-14(18-10(3)17-13)19-12-7-9(2)5-6-11(12)15/h5-8H,4H2,1-3H3,(H2,16,17,18,19). The highest BCUT2D eigenvalue weighted by atomic mass is 35.5. The molecule has 100 valence electrons. The summed E-state index contributed by atoms with van der Waals surface area (Å²) in [5.74, 6) is 2.25. The van der Waals surface area contributed by atoms with Crippen LogP contribution in [0, 0.1) is 13.8 Å². The van der Waals surface area contributed by atoms with Crippen LogP contribution in [0.25, 0.3) is 0 Å². The average molecular weight is 277 g/mol. The second-order valence-corrected chi connectivity index (χ2v) is 4.73. The molecule has 0 aliphatic carbocycles. The van der Waals surface area contributed by atoms with Gasteiger partial charge < -0.3 is 10.6 Å². The summed E-state index contributed by atoms with van der Waals surface area (Å²) in [6, 6.07) is 7.71. The molecule has 2 rings (SSSR count). The Morgan fingerprint density at radius 3 is 2.58 bits per heavy atom. The molecule has 2 aromatic rings. The van der Waals surface area contributed by atoms with Crippen LogP contribution in [0.15, 0.2) is 24.3 Å². The van der Waals surface area contributed by atoms with E-state index in [0.717, 1.165) is 29.4 Å². The van der Waals surface area contributed by atoms with Gasteiger partial charge in [0.25, 0.3) is 0 Å². The molecule has 1 aromatic heterocycles. The molecule has 2 N–H and O–H groups in total. The van der Waals surface area contributed by atoms with Crippen molar-refractivity contribution < 1.29 is 0 Å². The van der Waals surface area contributed by atoms with E-state index in [9.17, 15) is 0 Å². The molecule has 0 atom stereocenters. The molecular formula is C14H17ClN4. The van der Waals surface area contributed by atoms with E-state index in [4.69, 9.17) is 11.6 Å². The summed E-state index contributed by atoms with van der Waals surface area (Å²) in [6.45, 7) is 6.74. The van der Waals surface area contributed by atoms with Gasteiger partial charge in [0.1, 0.15) is 17.5 Å². The lowest BCUT2D eigenvalue weighted by atomic mass is 10.2. The Hall–Kier alpha value is -1.81. The fourth-order valence-electron chi connectivity index (χ4n) is 1.78. The lowest BCUT2D eigenvalue weighted by molar-refractivity contribution is 1.04. The summed E-state index contributed by atoms with van der Waals surface area (Å²) in [4.78, 5) is 8.67. The van der Waals surface area contributed by atoms with Crippen molar-refractivity contribution in [3.05, 3.63) is 40.7 Å². The zero-order valence-corrected chi connectivity index (χ0v) is 12.0. The van der Waals surface area contributed by atoms with E-state index < -0.39 is 0 Å². The summed E-state index contributed by atoms with van der Waals surface area (Å²) in [6.07, 6.45) is 0. The quantitative estimate of drug-likeness (QED) is 0.889. The van der Waals surface area contributed by atoms with Crippen LogP contribution in [0.2, 0.25) is 5.02 Å². The zero-order valence-electron chi connectivity index (χ0n) is 11.3. The number of benzene rings is 1. The van der Waals surface area contributed by atoms with Gasteiger partial charge in [-0.15, -0.1) is 0 Å². The number of rotatable bonds is 4. The maximum Gasteiger partial charge on any atom is 0.136 e. The third kappa shape index (κ3) is 3.58. The van der Waals surface area contributed by atoms with E-state index in [2.05, 4.69) is 20.6 Å². The monoisotopic (exact) mass is 276 g/mol. The Kier molecular flexibility index (Phi) is 4.22. The molecule has 1 aromatic carbocycles.